The first-order valence-corrected chi connectivity index (χ1v) is 5.75. The van der Waals surface area contributed by atoms with Crippen LogP contribution >= 0.6 is 0 Å². The third-order valence-corrected chi connectivity index (χ3v) is 1.94. The molecule has 0 aliphatic carbocycles. The van der Waals surface area contributed by atoms with Gasteiger partial charge in [-0.15, -0.1) is 0 Å². The molecule has 2 aromatic rings. The number of hydrogen-bond donors (Lipinski definition) is 1. The quantitative estimate of drug-likeness (QED) is 0.745. The number of hydrogen-bond acceptors (Lipinski definition) is 3. The van der Waals surface area contributed by atoms with Crippen molar-refractivity contribution in [3.8, 4) is 0 Å². The second-order valence-corrected chi connectivity index (χ2v) is 2.81. The van der Waals surface area contributed by atoms with Gasteiger partial charge in [0.2, 0.25) is 0 Å². The van der Waals surface area contributed by atoms with E-state index in [0.29, 0.717) is 5.82 Å². The molecule has 0 spiro atoms. The van der Waals surface area contributed by atoms with Gasteiger partial charge in [0.25, 0.3) is 0 Å². The van der Waals surface area contributed by atoms with Crippen LogP contribution in [-0.4, -0.2) is 14.4 Å². The summed E-state index contributed by atoms with van der Waals surface area (Å²) in [6.07, 6.45) is 3.49. The van der Waals surface area contributed by atoms with Crippen LogP contribution in [0.15, 0.2) is 12.4 Å². The summed E-state index contributed by atoms with van der Waals surface area (Å²) in [7, 11) is 0. The number of aryl methyl sites for hydroxylation is 2. The number of aromatic nitrogens is 3. The van der Waals surface area contributed by atoms with Crippen molar-refractivity contribution in [3.05, 3.63) is 23.9 Å². The molecule has 0 aliphatic rings. The maximum absolute atomic E-state index is 5.67. The predicted octanol–water partition coefficient (Wildman–Crippen LogP) is 2.98. The lowest BCUT2D eigenvalue weighted by atomic mass is 10.4. The maximum Gasteiger partial charge on any atom is 0.149 e. The molecule has 90 valence electrons. The van der Waals surface area contributed by atoms with Crippen LogP contribution in [-0.2, 0) is 0 Å². The Bertz CT molecular complexity index is 432. The van der Waals surface area contributed by atoms with Gasteiger partial charge in [-0.3, -0.25) is 4.40 Å². The van der Waals surface area contributed by atoms with E-state index in [1.54, 1.807) is 12.4 Å². The molecule has 0 fully saturated rings. The fourth-order valence-electron chi connectivity index (χ4n) is 1.36. The van der Waals surface area contributed by atoms with E-state index in [9.17, 15) is 0 Å². The zero-order valence-electron chi connectivity index (χ0n) is 11.1. The number of anilines is 1. The molecule has 0 unspecified atom stereocenters. The molecule has 2 aromatic heterocycles. The maximum atomic E-state index is 5.67. The molecule has 0 atom stereocenters. The van der Waals surface area contributed by atoms with Crippen molar-refractivity contribution in [2.45, 2.75) is 41.5 Å². The summed E-state index contributed by atoms with van der Waals surface area (Å²) < 4.78 is 1.99. The van der Waals surface area contributed by atoms with E-state index in [1.165, 1.54) is 0 Å². The highest BCUT2D eigenvalue weighted by atomic mass is 15.1. The Balaban J connectivity index is 0.000000509. The Morgan fingerprint density at radius 2 is 1.56 bits per heavy atom. The molecule has 2 heterocycles. The highest BCUT2D eigenvalue weighted by molar-refractivity contribution is 5.64. The molecule has 0 saturated heterocycles. The molecule has 0 bridgehead atoms. The molecule has 0 saturated carbocycles. The molecule has 2 N–H and O–H groups in total. The topological polar surface area (TPSA) is 56.2 Å². The zero-order valence-corrected chi connectivity index (χ0v) is 11.1. The lowest BCUT2D eigenvalue weighted by Gasteiger charge is -2.02. The van der Waals surface area contributed by atoms with Gasteiger partial charge in [0.15, 0.2) is 0 Å². The van der Waals surface area contributed by atoms with Crippen molar-refractivity contribution in [1.82, 2.24) is 14.4 Å². The van der Waals surface area contributed by atoms with Gasteiger partial charge >= 0.3 is 0 Å². The number of rotatable bonds is 0. The van der Waals surface area contributed by atoms with Crippen molar-refractivity contribution in [2.24, 2.45) is 0 Å². The average Bonchev–Trinajstić information content (AvgIpc) is 2.73. The van der Waals surface area contributed by atoms with Gasteiger partial charge in [0.05, 0.1) is 6.20 Å². The Morgan fingerprint density at radius 3 is 2.06 bits per heavy atom. The van der Waals surface area contributed by atoms with Crippen molar-refractivity contribution in [2.75, 3.05) is 5.73 Å². The van der Waals surface area contributed by atoms with Gasteiger partial charge in [-0.2, -0.15) is 0 Å². The van der Waals surface area contributed by atoms with Crippen molar-refractivity contribution < 1.29 is 0 Å². The number of fused-ring (bicyclic) bond motifs is 1. The van der Waals surface area contributed by atoms with Crippen LogP contribution in [0.5, 0.6) is 0 Å². The molecule has 0 radical (unpaired) electrons. The zero-order chi connectivity index (χ0) is 12.7. The van der Waals surface area contributed by atoms with Gasteiger partial charge in [0.1, 0.15) is 17.2 Å². The third kappa shape index (κ3) is 2.72. The fourth-order valence-corrected chi connectivity index (χ4v) is 1.36. The minimum absolute atomic E-state index is 0.529. The van der Waals surface area contributed by atoms with Gasteiger partial charge in [-0.25, -0.2) is 9.97 Å². The summed E-state index contributed by atoms with van der Waals surface area (Å²) in [4.78, 5) is 8.20. The number of imidazole rings is 1. The van der Waals surface area contributed by atoms with Gasteiger partial charge in [-0.05, 0) is 13.8 Å². The lowest BCUT2D eigenvalue weighted by molar-refractivity contribution is 0.978. The minimum atomic E-state index is 0.529. The van der Waals surface area contributed by atoms with Crippen LogP contribution in [0.4, 0.5) is 5.82 Å². The fraction of sp³-hybridized carbons (Fsp3) is 0.500. The Hall–Kier alpha value is -1.58. The smallest absolute Gasteiger partial charge is 0.149 e. The molecule has 0 aliphatic heterocycles. The predicted molar refractivity (Wildman–Crippen MR) is 69.6 cm³/mol. The average molecular weight is 222 g/mol. The number of nitrogens with zero attached hydrogens (tertiary/aromatic N) is 3. The Labute approximate surface area is 97.5 Å². The van der Waals surface area contributed by atoms with Gasteiger partial charge in [-0.1, -0.05) is 27.7 Å². The SMILES string of the molecule is CC.CC.Cc1cnc(N)c2cnc(C)n12. The van der Waals surface area contributed by atoms with E-state index < -0.39 is 0 Å². The molecule has 16 heavy (non-hydrogen) atoms. The van der Waals surface area contributed by atoms with Crippen LogP contribution < -0.4 is 5.73 Å². The Morgan fingerprint density at radius 1 is 1.00 bits per heavy atom. The van der Waals surface area contributed by atoms with E-state index in [0.717, 1.165) is 17.0 Å². The second kappa shape index (κ2) is 6.82. The molecule has 0 aromatic carbocycles. The molecule has 0 amide bonds. The molecular formula is C12H22N4. The normalized spacial score (nSPS) is 8.88. The van der Waals surface area contributed by atoms with Crippen LogP contribution in [0.2, 0.25) is 0 Å². The van der Waals surface area contributed by atoms with Crippen LogP contribution in [0.1, 0.15) is 39.2 Å². The molecule has 4 nitrogen and oxygen atoms in total. The van der Waals surface area contributed by atoms with E-state index in [4.69, 9.17) is 5.73 Å². The van der Waals surface area contributed by atoms with E-state index in [-0.39, 0.29) is 0 Å². The number of nitrogen functional groups attached to an aromatic ring is 1. The highest BCUT2D eigenvalue weighted by Crippen LogP contribution is 2.13. The van der Waals surface area contributed by atoms with Crippen LogP contribution in [0.25, 0.3) is 5.52 Å². The van der Waals surface area contributed by atoms with Crippen LogP contribution in [0.3, 0.4) is 0 Å². The summed E-state index contributed by atoms with van der Waals surface area (Å²) >= 11 is 0. The molecule has 2 rings (SSSR count). The monoisotopic (exact) mass is 222 g/mol. The summed E-state index contributed by atoms with van der Waals surface area (Å²) in [5, 5.41) is 0. The summed E-state index contributed by atoms with van der Waals surface area (Å²) in [6.45, 7) is 11.9. The van der Waals surface area contributed by atoms with Crippen molar-refractivity contribution in [3.63, 3.8) is 0 Å². The van der Waals surface area contributed by atoms with Crippen molar-refractivity contribution in [1.29, 1.82) is 0 Å². The molecule has 4 heteroatoms. The van der Waals surface area contributed by atoms with E-state index >= 15 is 0 Å². The minimum Gasteiger partial charge on any atom is -0.382 e. The standard InChI is InChI=1S/C8H10N4.2C2H6/c1-5-3-11-8(9)7-4-10-6(2)12(5)7;2*1-2/h3-4H,1-2H3,(H2,9,11);2*1-2H3. The van der Waals surface area contributed by atoms with Gasteiger partial charge < -0.3 is 5.73 Å². The molecular weight excluding hydrogens is 200 g/mol. The second-order valence-electron chi connectivity index (χ2n) is 2.81. The number of nitrogens with two attached hydrogens (primary N) is 1. The first-order chi connectivity index (χ1) is 7.70. The highest BCUT2D eigenvalue weighted by Gasteiger charge is 2.04. The first kappa shape index (κ1) is 14.4. The van der Waals surface area contributed by atoms with Gasteiger partial charge in [0, 0.05) is 11.9 Å². The van der Waals surface area contributed by atoms with Crippen molar-refractivity contribution >= 4 is 11.3 Å². The van der Waals surface area contributed by atoms with E-state index in [1.807, 2.05) is 45.9 Å². The Kier molecular flexibility index (Phi) is 6.15. The van der Waals surface area contributed by atoms with E-state index in [2.05, 4.69) is 9.97 Å². The first-order valence-electron chi connectivity index (χ1n) is 5.75. The third-order valence-electron chi connectivity index (χ3n) is 1.94. The summed E-state index contributed by atoms with van der Waals surface area (Å²) in [5.41, 5.74) is 7.60. The lowest BCUT2D eigenvalue weighted by Crippen LogP contribution is -1.99. The van der Waals surface area contributed by atoms with Crippen LogP contribution in [0, 0.1) is 13.8 Å². The largest absolute Gasteiger partial charge is 0.382 e. The summed E-state index contributed by atoms with van der Waals surface area (Å²) in [5.74, 6) is 1.47. The summed E-state index contributed by atoms with van der Waals surface area (Å²) in [6, 6.07) is 0.